The molecule has 2 aromatic rings. The summed E-state index contributed by atoms with van der Waals surface area (Å²) in [4.78, 5) is 11.9. The molecule has 2 rings (SSSR count). The van der Waals surface area contributed by atoms with Crippen LogP contribution in [0.4, 0.5) is 26.3 Å². The Morgan fingerprint density at radius 2 is 1.46 bits per heavy atom. The number of halogens is 6. The monoisotopic (exact) mass is 392 g/mol. The van der Waals surface area contributed by atoms with Crippen LogP contribution in [0.5, 0.6) is 5.75 Å². The summed E-state index contributed by atoms with van der Waals surface area (Å²) >= 11 is -0.285. The largest absolute Gasteiger partial charge is 0.573 e. The maximum Gasteiger partial charge on any atom is 0.573 e. The number of benzene rings is 2. The van der Waals surface area contributed by atoms with Gasteiger partial charge in [-0.15, -0.1) is 13.2 Å². The lowest BCUT2D eigenvalue weighted by atomic mass is 10.1. The second-order valence-corrected chi connectivity index (χ2v) is 6.03. The van der Waals surface area contributed by atoms with E-state index in [9.17, 15) is 31.1 Å². The molecule has 2 nitrogen and oxygen atoms in total. The summed E-state index contributed by atoms with van der Waals surface area (Å²) in [5.74, 6) is -0.845. The van der Waals surface area contributed by atoms with Gasteiger partial charge < -0.3 is 4.74 Å². The first kappa shape index (κ1) is 19.9. The van der Waals surface area contributed by atoms with Crippen molar-refractivity contribution < 1.29 is 35.9 Å². The highest BCUT2D eigenvalue weighted by Crippen LogP contribution is 2.36. The van der Waals surface area contributed by atoms with Gasteiger partial charge in [-0.25, -0.2) is 0 Å². The summed E-state index contributed by atoms with van der Waals surface area (Å²) in [5, 5.41) is 0. The van der Waals surface area contributed by atoms with Crippen molar-refractivity contribution >= 4 is 23.6 Å². The molecular weight excluding hydrogens is 382 g/mol. The molecule has 0 aliphatic heterocycles. The predicted molar refractivity (Wildman–Crippen MR) is 84.8 cm³/mol. The molecule has 26 heavy (non-hydrogen) atoms. The molecule has 0 N–H and O–H groups in total. The second-order valence-electron chi connectivity index (χ2n) is 4.89. The Labute approximate surface area is 148 Å². The molecule has 0 amide bonds. The van der Waals surface area contributed by atoms with Crippen LogP contribution in [0.1, 0.15) is 15.9 Å². The van der Waals surface area contributed by atoms with Gasteiger partial charge in [-0.05, 0) is 59.8 Å². The van der Waals surface area contributed by atoms with Gasteiger partial charge in [0.25, 0.3) is 0 Å². The van der Waals surface area contributed by atoms with E-state index in [0.29, 0.717) is 5.56 Å². The number of hydrogen-bond donors (Lipinski definition) is 0. The molecule has 0 bridgehead atoms. The van der Waals surface area contributed by atoms with Crippen molar-refractivity contribution in [2.24, 2.45) is 0 Å². The van der Waals surface area contributed by atoms with Crippen LogP contribution in [0.2, 0.25) is 0 Å². The second kappa shape index (κ2) is 7.86. The third-order valence-corrected chi connectivity index (χ3v) is 3.65. The van der Waals surface area contributed by atoms with Gasteiger partial charge >= 0.3 is 11.9 Å². The van der Waals surface area contributed by atoms with Crippen LogP contribution in [0.25, 0.3) is 6.08 Å². The molecule has 0 saturated carbocycles. The van der Waals surface area contributed by atoms with E-state index in [-0.39, 0.29) is 22.2 Å². The third-order valence-electron chi connectivity index (χ3n) is 2.91. The van der Waals surface area contributed by atoms with Gasteiger partial charge in [0, 0.05) is 10.5 Å². The molecule has 0 saturated heterocycles. The molecule has 0 radical (unpaired) electrons. The summed E-state index contributed by atoms with van der Waals surface area (Å²) in [5.41, 5.74) is -3.77. The normalized spacial score (nSPS) is 12.4. The van der Waals surface area contributed by atoms with E-state index in [4.69, 9.17) is 0 Å². The Hall–Kier alpha value is -2.42. The number of hydrogen-bond acceptors (Lipinski definition) is 3. The molecule has 9 heteroatoms. The molecule has 0 aromatic heterocycles. The van der Waals surface area contributed by atoms with Gasteiger partial charge in [-0.3, -0.25) is 4.79 Å². The molecule has 0 unspecified atom stereocenters. The number of alkyl halides is 6. The minimum Gasteiger partial charge on any atom is -0.406 e. The van der Waals surface area contributed by atoms with Crippen molar-refractivity contribution in [3.05, 3.63) is 65.7 Å². The first-order chi connectivity index (χ1) is 12.0. The van der Waals surface area contributed by atoms with Crippen molar-refractivity contribution in [1.82, 2.24) is 0 Å². The number of ketones is 1. The number of allylic oxidation sites excluding steroid dienone is 1. The van der Waals surface area contributed by atoms with Crippen LogP contribution >= 0.6 is 11.8 Å². The van der Waals surface area contributed by atoms with Crippen molar-refractivity contribution in [1.29, 1.82) is 0 Å². The minimum atomic E-state index is -4.79. The lowest BCUT2D eigenvalue weighted by Gasteiger charge is -2.08. The first-order valence-electron chi connectivity index (χ1n) is 6.96. The lowest BCUT2D eigenvalue weighted by molar-refractivity contribution is -0.274. The standard InChI is InChI=1S/C17H10F6O2S/c18-16(19,20)25-13-6-1-11(2-7-13)3-10-15(24)12-4-8-14(9-5-12)26-17(21,22)23/h1-10H. The van der Waals surface area contributed by atoms with Gasteiger partial charge in [-0.2, -0.15) is 13.2 Å². The topological polar surface area (TPSA) is 26.3 Å². The highest BCUT2D eigenvalue weighted by molar-refractivity contribution is 8.00. The summed E-state index contributed by atoms with van der Waals surface area (Å²) in [6.07, 6.45) is -2.24. The maximum absolute atomic E-state index is 12.2. The molecule has 2 aromatic carbocycles. The van der Waals surface area contributed by atoms with Crippen LogP contribution in [0, 0.1) is 0 Å². The van der Waals surface area contributed by atoms with Crippen LogP contribution in [0.3, 0.4) is 0 Å². The van der Waals surface area contributed by atoms with Crippen molar-refractivity contribution in [3.8, 4) is 5.75 Å². The van der Waals surface area contributed by atoms with Crippen LogP contribution in [-0.2, 0) is 0 Å². The quantitative estimate of drug-likeness (QED) is 0.266. The van der Waals surface area contributed by atoms with Gasteiger partial charge in [0.15, 0.2) is 5.78 Å². The van der Waals surface area contributed by atoms with Gasteiger partial charge in [-0.1, -0.05) is 18.2 Å². The number of carbonyl (C=O) groups is 1. The van der Waals surface area contributed by atoms with E-state index in [1.165, 1.54) is 48.6 Å². The van der Waals surface area contributed by atoms with E-state index in [1.54, 1.807) is 0 Å². The zero-order valence-electron chi connectivity index (χ0n) is 12.8. The summed E-state index contributed by atoms with van der Waals surface area (Å²) in [6, 6.07) is 9.75. The van der Waals surface area contributed by atoms with Crippen molar-refractivity contribution in [2.75, 3.05) is 0 Å². The third kappa shape index (κ3) is 6.83. The van der Waals surface area contributed by atoms with Crippen LogP contribution < -0.4 is 4.74 Å². The highest BCUT2D eigenvalue weighted by Gasteiger charge is 2.31. The molecule has 0 aliphatic carbocycles. The zero-order chi connectivity index (χ0) is 19.4. The minimum absolute atomic E-state index is 0.0433. The zero-order valence-corrected chi connectivity index (χ0v) is 13.6. The maximum atomic E-state index is 12.2. The van der Waals surface area contributed by atoms with Crippen molar-refractivity contribution in [2.45, 2.75) is 16.8 Å². The number of rotatable bonds is 5. The van der Waals surface area contributed by atoms with E-state index >= 15 is 0 Å². The number of carbonyl (C=O) groups excluding carboxylic acids is 1. The number of ether oxygens (including phenoxy) is 1. The van der Waals surface area contributed by atoms with Gasteiger partial charge in [0.05, 0.1) is 0 Å². The first-order valence-corrected chi connectivity index (χ1v) is 7.77. The SMILES string of the molecule is O=C(C=Cc1ccc(OC(F)(F)F)cc1)c1ccc(SC(F)(F)F)cc1. The summed E-state index contributed by atoms with van der Waals surface area (Å²) in [6.45, 7) is 0. The van der Waals surface area contributed by atoms with Crippen molar-refractivity contribution in [3.63, 3.8) is 0 Å². The van der Waals surface area contributed by atoms with Gasteiger partial charge in [0.1, 0.15) is 5.75 Å². The molecule has 0 atom stereocenters. The Bertz CT molecular complexity index is 777. The van der Waals surface area contributed by atoms with E-state index in [1.807, 2.05) is 0 Å². The molecule has 0 fully saturated rings. The van der Waals surface area contributed by atoms with E-state index in [2.05, 4.69) is 4.74 Å². The summed E-state index contributed by atoms with van der Waals surface area (Å²) in [7, 11) is 0. The molecule has 0 spiro atoms. The Morgan fingerprint density at radius 3 is 1.96 bits per heavy atom. The summed E-state index contributed by atoms with van der Waals surface area (Å²) < 4.78 is 76.6. The Morgan fingerprint density at radius 1 is 0.885 bits per heavy atom. The molecule has 0 aliphatic rings. The fourth-order valence-electron chi connectivity index (χ4n) is 1.87. The van der Waals surface area contributed by atoms with E-state index in [0.717, 1.165) is 12.1 Å². The fourth-order valence-corrected chi connectivity index (χ4v) is 2.41. The predicted octanol–water partition coefficient (Wildman–Crippen LogP) is 6.09. The highest BCUT2D eigenvalue weighted by atomic mass is 32.2. The average molecular weight is 392 g/mol. The fraction of sp³-hybridized carbons (Fsp3) is 0.118. The Kier molecular flexibility index (Phi) is 6.01. The average Bonchev–Trinajstić information content (AvgIpc) is 2.51. The van der Waals surface area contributed by atoms with E-state index < -0.39 is 23.4 Å². The van der Waals surface area contributed by atoms with Crippen LogP contribution in [-0.4, -0.2) is 17.7 Å². The van der Waals surface area contributed by atoms with Crippen LogP contribution in [0.15, 0.2) is 59.5 Å². The smallest absolute Gasteiger partial charge is 0.406 e. The lowest BCUT2D eigenvalue weighted by Crippen LogP contribution is -2.16. The number of thioether (sulfide) groups is 1. The molecular formula is C17H10F6O2S. The molecule has 138 valence electrons. The Balaban J connectivity index is 2.00. The van der Waals surface area contributed by atoms with Gasteiger partial charge in [0.2, 0.25) is 0 Å². The molecule has 0 heterocycles.